The first-order valence-electron chi connectivity index (χ1n) is 7.13. The van der Waals surface area contributed by atoms with Crippen LogP contribution in [-0.2, 0) is 21.7 Å². The number of carboxylic acid groups (broad SMARTS) is 2. The maximum absolute atomic E-state index is 11.8. The number of hydrogen-bond donors (Lipinski definition) is 3. The molecule has 0 saturated carbocycles. The van der Waals surface area contributed by atoms with Crippen LogP contribution in [0.3, 0.4) is 0 Å². The van der Waals surface area contributed by atoms with Gasteiger partial charge in [-0.25, -0.2) is 9.78 Å². The van der Waals surface area contributed by atoms with Gasteiger partial charge in [-0.15, -0.1) is 0 Å². The Hall–Kier alpha value is -2.67. The summed E-state index contributed by atoms with van der Waals surface area (Å²) >= 11 is 0. The lowest BCUT2D eigenvalue weighted by atomic mass is 9.96. The average molecular weight is 317 g/mol. The minimum atomic E-state index is -1.57. The van der Waals surface area contributed by atoms with E-state index in [2.05, 4.69) is 10.3 Å². The molecule has 1 heterocycles. The van der Waals surface area contributed by atoms with E-state index in [-0.39, 0.29) is 0 Å². The molecule has 7 nitrogen and oxygen atoms in total. The van der Waals surface area contributed by atoms with Crippen molar-refractivity contribution in [1.29, 1.82) is 0 Å². The van der Waals surface area contributed by atoms with Gasteiger partial charge in [-0.1, -0.05) is 30.3 Å². The lowest BCUT2D eigenvalue weighted by Gasteiger charge is -2.29. The Morgan fingerprint density at radius 1 is 1.30 bits per heavy atom. The van der Waals surface area contributed by atoms with E-state index in [0.29, 0.717) is 12.2 Å². The van der Waals surface area contributed by atoms with Crippen molar-refractivity contribution in [2.45, 2.75) is 32.0 Å². The summed E-state index contributed by atoms with van der Waals surface area (Å²) in [5.41, 5.74) is -0.184. The number of hydrogen-bond acceptors (Lipinski definition) is 4. The molecule has 2 aromatic rings. The lowest BCUT2D eigenvalue weighted by molar-refractivity contribution is -0.147. The van der Waals surface area contributed by atoms with Crippen molar-refractivity contribution in [3.8, 4) is 0 Å². The molecule has 2 atom stereocenters. The van der Waals surface area contributed by atoms with Crippen LogP contribution in [-0.4, -0.2) is 37.7 Å². The average Bonchev–Trinajstić information content (AvgIpc) is 2.96. The fraction of sp³-hybridized carbons (Fsp3) is 0.312. The van der Waals surface area contributed by atoms with Crippen LogP contribution in [0.5, 0.6) is 0 Å². The molecule has 3 N–H and O–H groups in total. The monoisotopic (exact) mass is 317 g/mol. The molecule has 0 aliphatic rings. The molecular formula is C16H19N3O4. The van der Waals surface area contributed by atoms with E-state index in [1.54, 1.807) is 4.57 Å². The third-order valence-electron chi connectivity index (χ3n) is 3.72. The van der Waals surface area contributed by atoms with Crippen LogP contribution < -0.4 is 5.32 Å². The second-order valence-corrected chi connectivity index (χ2v) is 5.53. The molecule has 23 heavy (non-hydrogen) atoms. The van der Waals surface area contributed by atoms with Crippen molar-refractivity contribution >= 4 is 11.9 Å². The molecule has 0 fully saturated rings. The highest BCUT2D eigenvalue weighted by molar-refractivity contribution is 5.81. The molecule has 0 bridgehead atoms. The predicted molar refractivity (Wildman–Crippen MR) is 83.0 cm³/mol. The summed E-state index contributed by atoms with van der Waals surface area (Å²) in [7, 11) is 0. The van der Waals surface area contributed by atoms with Crippen LogP contribution in [0.25, 0.3) is 0 Å². The van der Waals surface area contributed by atoms with Crippen molar-refractivity contribution in [2.24, 2.45) is 0 Å². The summed E-state index contributed by atoms with van der Waals surface area (Å²) in [6, 6.07) is 8.52. The van der Waals surface area contributed by atoms with Crippen LogP contribution in [0.15, 0.2) is 42.9 Å². The van der Waals surface area contributed by atoms with Crippen molar-refractivity contribution < 1.29 is 19.8 Å². The second kappa shape index (κ2) is 6.62. The number of imidazole rings is 1. The summed E-state index contributed by atoms with van der Waals surface area (Å²) in [5, 5.41) is 21.3. The van der Waals surface area contributed by atoms with Crippen LogP contribution >= 0.6 is 0 Å². The highest BCUT2D eigenvalue weighted by atomic mass is 16.4. The molecule has 2 rings (SSSR count). The molecule has 0 spiro atoms. The van der Waals surface area contributed by atoms with Gasteiger partial charge in [-0.2, -0.15) is 0 Å². The lowest BCUT2D eigenvalue weighted by Crippen LogP contribution is -2.53. The van der Waals surface area contributed by atoms with Gasteiger partial charge in [-0.3, -0.25) is 10.1 Å². The number of benzene rings is 1. The number of aromatic nitrogens is 2. The Kier molecular flexibility index (Phi) is 4.80. The smallest absolute Gasteiger partial charge is 0.329 e. The number of carbonyl (C=O) groups is 2. The number of aliphatic carboxylic acids is 2. The fourth-order valence-electron chi connectivity index (χ4n) is 2.38. The molecule has 0 aliphatic carbocycles. The number of nitrogens with one attached hydrogen (secondary N) is 1. The van der Waals surface area contributed by atoms with E-state index < -0.39 is 23.5 Å². The first kappa shape index (κ1) is 16.7. The van der Waals surface area contributed by atoms with Crippen molar-refractivity contribution in [3.05, 3.63) is 54.1 Å². The van der Waals surface area contributed by atoms with Crippen molar-refractivity contribution in [2.75, 3.05) is 0 Å². The topological polar surface area (TPSA) is 104 Å². The highest BCUT2D eigenvalue weighted by Crippen LogP contribution is 2.23. The van der Waals surface area contributed by atoms with Gasteiger partial charge in [0.1, 0.15) is 6.04 Å². The Morgan fingerprint density at radius 2 is 1.96 bits per heavy atom. The number of rotatable bonds is 7. The van der Waals surface area contributed by atoms with Crippen LogP contribution in [0.1, 0.15) is 25.1 Å². The summed E-state index contributed by atoms with van der Waals surface area (Å²) in [5.74, 6) is -2.29. The Bertz CT molecular complexity index is 698. The Labute approximate surface area is 133 Å². The van der Waals surface area contributed by atoms with Gasteiger partial charge >= 0.3 is 11.9 Å². The van der Waals surface area contributed by atoms with E-state index in [0.717, 1.165) is 5.56 Å². The van der Waals surface area contributed by atoms with Gasteiger partial charge in [0.05, 0.1) is 18.2 Å². The third kappa shape index (κ3) is 3.57. The van der Waals surface area contributed by atoms with Crippen LogP contribution in [0.4, 0.5) is 0 Å². The van der Waals surface area contributed by atoms with E-state index in [1.165, 1.54) is 26.4 Å². The zero-order chi connectivity index (χ0) is 17.0. The first-order valence-corrected chi connectivity index (χ1v) is 7.13. The van der Waals surface area contributed by atoms with Crippen molar-refractivity contribution in [1.82, 2.24) is 14.9 Å². The molecule has 0 radical (unpaired) electrons. The zero-order valence-electron chi connectivity index (χ0n) is 12.9. The van der Waals surface area contributed by atoms with Gasteiger partial charge in [0.15, 0.2) is 5.54 Å². The molecule has 0 aliphatic heterocycles. The minimum absolute atomic E-state index is 0.391. The Morgan fingerprint density at radius 3 is 2.52 bits per heavy atom. The first-order chi connectivity index (χ1) is 10.8. The quantitative estimate of drug-likeness (QED) is 0.711. The molecule has 1 aromatic carbocycles. The minimum Gasteiger partial charge on any atom is -0.480 e. The largest absolute Gasteiger partial charge is 0.480 e. The normalized spacial score (nSPS) is 14.9. The summed E-state index contributed by atoms with van der Waals surface area (Å²) in [4.78, 5) is 26.9. The van der Waals surface area contributed by atoms with E-state index >= 15 is 0 Å². The van der Waals surface area contributed by atoms with Crippen LogP contribution in [0.2, 0.25) is 0 Å². The molecule has 0 saturated heterocycles. The van der Waals surface area contributed by atoms with Gasteiger partial charge < -0.3 is 14.8 Å². The summed E-state index contributed by atoms with van der Waals surface area (Å²) in [6.45, 7) is 3.29. The van der Waals surface area contributed by atoms with Gasteiger partial charge in [-0.05, 0) is 19.4 Å². The third-order valence-corrected chi connectivity index (χ3v) is 3.72. The standard InChI is InChI=1S/C16H19N3O4/c1-11(14(20)21)18-16(2,15(22)23)13-8-17-10-19(13)9-12-6-4-3-5-7-12/h3-8,10-11,18H,9H2,1-2H3,(H,20,21)(H,22,23). The number of nitrogens with zero attached hydrogens (tertiary/aromatic N) is 2. The van der Waals surface area contributed by atoms with Crippen molar-refractivity contribution in [3.63, 3.8) is 0 Å². The van der Waals surface area contributed by atoms with Gasteiger partial charge in [0.2, 0.25) is 0 Å². The maximum Gasteiger partial charge on any atom is 0.329 e. The molecule has 7 heteroatoms. The second-order valence-electron chi connectivity index (χ2n) is 5.53. The van der Waals surface area contributed by atoms with Gasteiger partial charge in [0, 0.05) is 6.54 Å². The fourth-order valence-corrected chi connectivity index (χ4v) is 2.38. The summed E-state index contributed by atoms with van der Waals surface area (Å²) < 4.78 is 1.70. The predicted octanol–water partition coefficient (Wildman–Crippen LogP) is 1.29. The highest BCUT2D eigenvalue weighted by Gasteiger charge is 2.40. The SMILES string of the molecule is CC(NC(C)(C(=O)O)c1cncn1Cc1ccccc1)C(=O)O. The maximum atomic E-state index is 11.8. The summed E-state index contributed by atoms with van der Waals surface area (Å²) in [6.07, 6.45) is 2.98. The Balaban J connectivity index is 2.36. The van der Waals surface area contributed by atoms with E-state index in [1.807, 2.05) is 30.3 Å². The van der Waals surface area contributed by atoms with E-state index in [9.17, 15) is 14.7 Å². The zero-order valence-corrected chi connectivity index (χ0v) is 12.9. The number of carboxylic acids is 2. The van der Waals surface area contributed by atoms with E-state index in [4.69, 9.17) is 5.11 Å². The molecule has 1 aromatic heterocycles. The molecule has 2 unspecified atom stereocenters. The molecule has 122 valence electrons. The molecular weight excluding hydrogens is 298 g/mol. The van der Waals surface area contributed by atoms with Gasteiger partial charge in [0.25, 0.3) is 0 Å². The molecule has 0 amide bonds. The van der Waals surface area contributed by atoms with Crippen LogP contribution in [0, 0.1) is 0 Å².